The van der Waals surface area contributed by atoms with Gasteiger partial charge in [-0.1, -0.05) is 51.1 Å². The zero-order valence-corrected chi connectivity index (χ0v) is 18.5. The molecule has 0 aromatic heterocycles. The van der Waals surface area contributed by atoms with Gasteiger partial charge in [0.25, 0.3) is 6.72 Å². The Morgan fingerprint density at radius 2 is 2.03 bits per heavy atom. The molecule has 3 fully saturated rings. The van der Waals surface area contributed by atoms with Gasteiger partial charge in [-0.15, -0.1) is 4.67 Å². The van der Waals surface area contributed by atoms with E-state index in [0.29, 0.717) is 24.9 Å². The highest BCUT2D eigenvalue weighted by Crippen LogP contribution is 2.54. The Balaban J connectivity index is 1.49. The molecule has 162 valence electrons. The first-order chi connectivity index (χ1) is 14.3. The van der Waals surface area contributed by atoms with Crippen LogP contribution in [0.5, 0.6) is 0 Å². The van der Waals surface area contributed by atoms with E-state index in [-0.39, 0.29) is 35.4 Å². The molecule has 2 heterocycles. The van der Waals surface area contributed by atoms with Gasteiger partial charge in [-0.05, 0) is 37.2 Å². The van der Waals surface area contributed by atoms with Crippen LogP contribution in [0.2, 0.25) is 0 Å². The minimum Gasteiger partial charge on any atom is -0.357 e. The molecule has 2 unspecified atom stereocenters. The lowest BCUT2D eigenvalue weighted by molar-refractivity contribution is -0.121. The molecule has 6 atom stereocenters. The Kier molecular flexibility index (Phi) is 5.62. The molecule has 1 amide bonds. The van der Waals surface area contributed by atoms with Gasteiger partial charge in [0.1, 0.15) is 17.9 Å². The van der Waals surface area contributed by atoms with E-state index >= 15 is 0 Å². The summed E-state index contributed by atoms with van der Waals surface area (Å²) < 4.78 is 16.2. The second-order valence-electron chi connectivity index (χ2n) is 9.44. The van der Waals surface area contributed by atoms with Crippen LogP contribution >= 0.6 is 0 Å². The lowest BCUT2D eigenvalue weighted by Gasteiger charge is -2.19. The standard InChI is InChI=1S/C24H33N3O3/c1-6-19(28)26-18(12-16-10-8-7-9-11-16)20-21(30-20)27-24(13-17(24)15(2)3)22(25-5)23(4)14-29-23/h7-11,15,17-18,20-21,27H,5-6,12-14H2,1-4H3/p+1/t17-,18-,20?,21?,23+,24+/m0/s1. The summed E-state index contributed by atoms with van der Waals surface area (Å²) >= 11 is 0. The highest BCUT2D eigenvalue weighted by molar-refractivity contribution is 6.04. The molecule has 30 heavy (non-hydrogen) atoms. The van der Waals surface area contributed by atoms with Gasteiger partial charge in [-0.25, -0.2) is 0 Å². The van der Waals surface area contributed by atoms with Crippen LogP contribution in [0.4, 0.5) is 0 Å². The zero-order chi connectivity index (χ0) is 21.5. The maximum atomic E-state index is 12.2. The quantitative estimate of drug-likeness (QED) is 0.349. The summed E-state index contributed by atoms with van der Waals surface area (Å²) in [4.78, 5) is 12.2. The second-order valence-corrected chi connectivity index (χ2v) is 9.44. The number of ether oxygens (including phenoxy) is 2. The molecule has 4 rings (SSSR count). The highest BCUT2D eigenvalue weighted by Gasteiger charge is 2.73. The summed E-state index contributed by atoms with van der Waals surface area (Å²) in [6.45, 7) is 13.0. The average molecular weight is 413 g/mol. The number of rotatable bonds is 10. The third-order valence-electron chi connectivity index (χ3n) is 6.77. The maximum Gasteiger partial charge on any atom is 0.333 e. The van der Waals surface area contributed by atoms with Gasteiger partial charge in [-0.2, -0.15) is 0 Å². The number of benzene rings is 1. The fraction of sp³-hybridized carbons (Fsp3) is 0.625. The van der Waals surface area contributed by atoms with Crippen molar-refractivity contribution in [3.63, 3.8) is 0 Å². The molecule has 2 saturated heterocycles. The minimum absolute atomic E-state index is 0.0466. The molecule has 3 aliphatic rings. The van der Waals surface area contributed by atoms with Crippen LogP contribution in [-0.2, 0) is 20.7 Å². The fourth-order valence-electron chi connectivity index (χ4n) is 4.85. The van der Waals surface area contributed by atoms with E-state index < -0.39 is 0 Å². The van der Waals surface area contributed by atoms with Crippen molar-refractivity contribution in [2.75, 3.05) is 6.61 Å². The molecule has 0 spiro atoms. The summed E-state index contributed by atoms with van der Waals surface area (Å²) in [6.07, 6.45) is 2.04. The van der Waals surface area contributed by atoms with E-state index in [2.05, 4.69) is 54.9 Å². The predicted octanol–water partition coefficient (Wildman–Crippen LogP) is 1.85. The normalized spacial score (nSPS) is 34.8. The first kappa shape index (κ1) is 21.3. The van der Waals surface area contributed by atoms with Crippen LogP contribution in [0.3, 0.4) is 0 Å². The van der Waals surface area contributed by atoms with E-state index in [0.717, 1.165) is 18.6 Å². The molecule has 2 aliphatic heterocycles. The largest absolute Gasteiger partial charge is 0.357 e. The molecule has 2 N–H and O–H groups in total. The Hall–Kier alpha value is -1.98. The van der Waals surface area contributed by atoms with Gasteiger partial charge in [0.05, 0.1) is 12.6 Å². The van der Waals surface area contributed by atoms with Crippen molar-refractivity contribution < 1.29 is 14.3 Å². The van der Waals surface area contributed by atoms with Crippen molar-refractivity contribution in [2.45, 2.75) is 76.5 Å². The van der Waals surface area contributed by atoms with Crippen molar-refractivity contribution in [1.82, 2.24) is 15.3 Å². The number of amides is 1. The van der Waals surface area contributed by atoms with Crippen molar-refractivity contribution in [1.29, 1.82) is 0 Å². The van der Waals surface area contributed by atoms with E-state index in [1.165, 1.54) is 5.56 Å². The number of nitrogens with one attached hydrogen (secondary N) is 2. The summed E-state index contributed by atoms with van der Waals surface area (Å²) in [6, 6.07) is 10.2. The second kappa shape index (κ2) is 7.93. The molecule has 0 radical (unpaired) electrons. The van der Waals surface area contributed by atoms with Crippen molar-refractivity contribution in [3.05, 3.63) is 35.9 Å². The molecular formula is C24H34N3O3+. The number of hydrogen-bond acceptors (Lipinski definition) is 4. The van der Waals surface area contributed by atoms with Crippen LogP contribution in [0.25, 0.3) is 0 Å². The summed E-state index contributed by atoms with van der Waals surface area (Å²) in [5, 5.41) is 6.92. The van der Waals surface area contributed by atoms with Gasteiger partial charge in [-0.3, -0.25) is 10.1 Å². The molecule has 6 heteroatoms. The third-order valence-corrected chi connectivity index (χ3v) is 6.77. The van der Waals surface area contributed by atoms with E-state index in [1.54, 1.807) is 0 Å². The molecule has 1 saturated carbocycles. The smallest absolute Gasteiger partial charge is 0.333 e. The van der Waals surface area contributed by atoms with Crippen molar-refractivity contribution >= 4 is 18.3 Å². The molecule has 6 nitrogen and oxygen atoms in total. The number of nitrogens with zero attached hydrogens (tertiary/aromatic N) is 1. The number of carbonyl (C=O) groups is 1. The maximum absolute atomic E-state index is 12.2. The Morgan fingerprint density at radius 3 is 2.57 bits per heavy atom. The number of epoxide rings is 2. The van der Waals surface area contributed by atoms with Crippen LogP contribution in [0, 0.1) is 11.8 Å². The highest BCUT2D eigenvalue weighted by atomic mass is 16.6. The first-order valence-electron chi connectivity index (χ1n) is 11.1. The predicted molar refractivity (Wildman–Crippen MR) is 118 cm³/mol. The number of hydrogen-bond donors (Lipinski definition) is 2. The summed E-state index contributed by atoms with van der Waals surface area (Å²) in [7, 11) is 0. The van der Waals surface area contributed by atoms with Crippen LogP contribution in [-0.4, -0.2) is 54.5 Å². The van der Waals surface area contributed by atoms with Crippen LogP contribution in [0.1, 0.15) is 46.1 Å². The van der Waals surface area contributed by atoms with Gasteiger partial charge >= 0.3 is 5.71 Å². The SMILES string of the molecule is C=[N+]=C([C@@]1(C)CO1)[C@@]1(NC2OC2[C@H](Cc2ccccc2)NC(=O)CC)C[C@H]1C(C)C. The molecule has 1 aromatic carbocycles. The lowest BCUT2D eigenvalue weighted by Crippen LogP contribution is -2.52. The van der Waals surface area contributed by atoms with Crippen LogP contribution < -0.4 is 15.3 Å². The summed E-state index contributed by atoms with van der Waals surface area (Å²) in [5.74, 6) is 1.04. The molecular weight excluding hydrogens is 378 g/mol. The zero-order valence-electron chi connectivity index (χ0n) is 18.5. The van der Waals surface area contributed by atoms with Gasteiger partial charge in [0, 0.05) is 6.42 Å². The number of carbonyl (C=O) groups excluding carboxylic acids is 1. The Labute approximate surface area is 179 Å². The molecule has 0 bridgehead atoms. The first-order valence-corrected chi connectivity index (χ1v) is 11.1. The minimum atomic E-state index is -0.317. The Bertz CT molecular complexity index is 845. The molecule has 1 aromatic rings. The molecule has 1 aliphatic carbocycles. The van der Waals surface area contributed by atoms with Crippen molar-refractivity contribution in [3.8, 4) is 0 Å². The Morgan fingerprint density at radius 1 is 1.33 bits per heavy atom. The lowest BCUT2D eigenvalue weighted by atomic mass is 9.91. The van der Waals surface area contributed by atoms with E-state index in [9.17, 15) is 4.79 Å². The fourth-order valence-corrected chi connectivity index (χ4v) is 4.85. The third kappa shape index (κ3) is 4.10. The van der Waals surface area contributed by atoms with Gasteiger partial charge in [0.2, 0.25) is 5.91 Å². The summed E-state index contributed by atoms with van der Waals surface area (Å²) in [5.41, 5.74) is 1.64. The monoisotopic (exact) mass is 412 g/mol. The van der Waals surface area contributed by atoms with Crippen molar-refractivity contribution in [2.24, 2.45) is 11.8 Å². The van der Waals surface area contributed by atoms with E-state index in [1.807, 2.05) is 25.1 Å². The van der Waals surface area contributed by atoms with E-state index in [4.69, 9.17) is 9.47 Å². The van der Waals surface area contributed by atoms with Crippen LogP contribution in [0.15, 0.2) is 30.3 Å². The topological polar surface area (TPSA) is 80.3 Å². The van der Waals surface area contributed by atoms with Gasteiger partial charge in [0.15, 0.2) is 5.60 Å². The average Bonchev–Trinajstić information content (AvgIpc) is 3.63. The van der Waals surface area contributed by atoms with Gasteiger partial charge < -0.3 is 14.8 Å².